The number of carbonyl (C=O) groups is 2. The first-order valence-electron chi connectivity index (χ1n) is 9.43. The molecular weight excluding hydrogens is 425 g/mol. The van der Waals surface area contributed by atoms with Crippen LogP contribution in [0, 0.1) is 0 Å². The summed E-state index contributed by atoms with van der Waals surface area (Å²) in [5.74, 6) is -1.23. The van der Waals surface area contributed by atoms with Crippen LogP contribution in [0.3, 0.4) is 0 Å². The number of nitrogens with two attached hydrogens (primary N) is 1. The number of carbonyl (C=O) groups excluding carboxylic acids is 2. The number of hydrogen-bond donors (Lipinski definition) is 2. The van der Waals surface area contributed by atoms with E-state index in [1.165, 1.54) is 30.3 Å². The van der Waals surface area contributed by atoms with Crippen LogP contribution in [0.2, 0.25) is 0 Å². The smallest absolute Gasteiger partial charge is 0.416 e. The molecule has 3 N–H and O–H groups in total. The molecule has 0 radical (unpaired) electrons. The lowest BCUT2D eigenvalue weighted by molar-refractivity contribution is -0.137. The number of hydrogen-bond acceptors (Lipinski definition) is 5. The van der Waals surface area contributed by atoms with Crippen LogP contribution < -0.4 is 15.8 Å². The van der Waals surface area contributed by atoms with Gasteiger partial charge in [-0.1, -0.05) is 36.4 Å². The summed E-state index contributed by atoms with van der Waals surface area (Å²) in [5.41, 5.74) is 6.08. The number of rotatable bonds is 7. The van der Waals surface area contributed by atoms with Crippen molar-refractivity contribution in [3.05, 3.63) is 89.5 Å². The molecule has 3 aromatic rings. The van der Waals surface area contributed by atoms with Gasteiger partial charge in [-0.3, -0.25) is 4.79 Å². The van der Waals surface area contributed by atoms with Crippen molar-refractivity contribution in [2.75, 3.05) is 17.7 Å². The maximum atomic E-state index is 12.8. The number of alkyl halides is 3. The summed E-state index contributed by atoms with van der Waals surface area (Å²) < 4.78 is 49.0. The molecule has 0 saturated carbocycles. The van der Waals surface area contributed by atoms with Crippen molar-refractivity contribution in [1.82, 2.24) is 0 Å². The molecule has 9 heteroatoms. The van der Waals surface area contributed by atoms with Crippen LogP contribution >= 0.6 is 0 Å². The Morgan fingerprint density at radius 3 is 2.41 bits per heavy atom. The van der Waals surface area contributed by atoms with E-state index in [2.05, 4.69) is 5.32 Å². The molecule has 0 aromatic heterocycles. The Bertz CT molecular complexity index is 1100. The summed E-state index contributed by atoms with van der Waals surface area (Å²) in [6.45, 7) is -0.442. The van der Waals surface area contributed by atoms with Gasteiger partial charge in [0.05, 0.1) is 16.8 Å². The zero-order chi connectivity index (χ0) is 23.1. The summed E-state index contributed by atoms with van der Waals surface area (Å²) in [6.07, 6.45) is -4.53. The SMILES string of the molecule is Nc1ccc(C(=O)OCc2ccccc2)cc1OCC(=O)Nc1cccc(C(F)(F)F)c1. The van der Waals surface area contributed by atoms with Crippen LogP contribution in [-0.2, 0) is 22.3 Å². The molecule has 0 aliphatic carbocycles. The summed E-state index contributed by atoms with van der Waals surface area (Å²) in [7, 11) is 0. The van der Waals surface area contributed by atoms with Gasteiger partial charge in [0.25, 0.3) is 5.91 Å². The first-order chi connectivity index (χ1) is 15.2. The Morgan fingerprint density at radius 2 is 1.69 bits per heavy atom. The molecule has 166 valence electrons. The third kappa shape index (κ3) is 6.24. The predicted molar refractivity (Wildman–Crippen MR) is 112 cm³/mol. The quantitative estimate of drug-likeness (QED) is 0.409. The van der Waals surface area contributed by atoms with Gasteiger partial charge in [0.15, 0.2) is 6.61 Å². The van der Waals surface area contributed by atoms with Gasteiger partial charge in [-0.25, -0.2) is 4.79 Å². The molecule has 32 heavy (non-hydrogen) atoms. The molecule has 0 fully saturated rings. The molecule has 0 aliphatic heterocycles. The molecule has 1 amide bonds. The number of benzene rings is 3. The predicted octanol–water partition coefficient (Wildman–Crippen LogP) is 4.66. The van der Waals surface area contributed by atoms with E-state index in [1.54, 1.807) is 0 Å². The number of amides is 1. The second-order valence-electron chi connectivity index (χ2n) is 6.73. The minimum atomic E-state index is -4.53. The van der Waals surface area contributed by atoms with E-state index in [9.17, 15) is 22.8 Å². The molecular formula is C23H19F3N2O4. The van der Waals surface area contributed by atoms with Gasteiger partial charge in [-0.2, -0.15) is 13.2 Å². The number of ether oxygens (including phenoxy) is 2. The van der Waals surface area contributed by atoms with E-state index in [-0.39, 0.29) is 29.3 Å². The number of halogens is 3. The number of anilines is 2. The van der Waals surface area contributed by atoms with Crippen molar-refractivity contribution in [3.8, 4) is 5.75 Å². The molecule has 3 aromatic carbocycles. The zero-order valence-electron chi connectivity index (χ0n) is 16.7. The largest absolute Gasteiger partial charge is 0.482 e. The maximum absolute atomic E-state index is 12.8. The maximum Gasteiger partial charge on any atom is 0.416 e. The third-order valence-electron chi connectivity index (χ3n) is 4.29. The van der Waals surface area contributed by atoms with E-state index in [0.717, 1.165) is 17.7 Å². The van der Waals surface area contributed by atoms with E-state index in [0.29, 0.717) is 0 Å². The molecule has 0 spiro atoms. The van der Waals surface area contributed by atoms with E-state index >= 15 is 0 Å². The Morgan fingerprint density at radius 1 is 0.938 bits per heavy atom. The van der Waals surface area contributed by atoms with Gasteiger partial charge < -0.3 is 20.5 Å². The first kappa shape index (κ1) is 22.7. The highest BCUT2D eigenvalue weighted by Crippen LogP contribution is 2.30. The monoisotopic (exact) mass is 444 g/mol. The molecule has 0 saturated heterocycles. The fourth-order valence-corrected chi connectivity index (χ4v) is 2.71. The van der Waals surface area contributed by atoms with Crippen molar-refractivity contribution >= 4 is 23.3 Å². The molecule has 6 nitrogen and oxygen atoms in total. The van der Waals surface area contributed by atoms with Crippen LogP contribution in [0.25, 0.3) is 0 Å². The van der Waals surface area contributed by atoms with Gasteiger partial charge >= 0.3 is 12.1 Å². The second-order valence-corrected chi connectivity index (χ2v) is 6.73. The van der Waals surface area contributed by atoms with Crippen molar-refractivity contribution in [2.24, 2.45) is 0 Å². The lowest BCUT2D eigenvalue weighted by Crippen LogP contribution is -2.21. The van der Waals surface area contributed by atoms with Gasteiger partial charge in [0, 0.05) is 5.69 Å². The van der Waals surface area contributed by atoms with E-state index in [4.69, 9.17) is 15.2 Å². The summed E-state index contributed by atoms with van der Waals surface area (Å²) >= 11 is 0. The van der Waals surface area contributed by atoms with Gasteiger partial charge in [-0.15, -0.1) is 0 Å². The Labute approximate surface area is 181 Å². The first-order valence-corrected chi connectivity index (χ1v) is 9.43. The van der Waals surface area contributed by atoms with Crippen LogP contribution in [0.4, 0.5) is 24.5 Å². The van der Waals surface area contributed by atoms with Gasteiger partial charge in [-0.05, 0) is 42.0 Å². The summed E-state index contributed by atoms with van der Waals surface area (Å²) in [4.78, 5) is 24.4. The van der Waals surface area contributed by atoms with Crippen LogP contribution in [0.5, 0.6) is 5.75 Å². The van der Waals surface area contributed by atoms with E-state index in [1.807, 2.05) is 30.3 Å². The average Bonchev–Trinajstić information content (AvgIpc) is 2.77. The lowest BCUT2D eigenvalue weighted by atomic mass is 10.2. The zero-order valence-corrected chi connectivity index (χ0v) is 16.7. The van der Waals surface area contributed by atoms with Crippen molar-refractivity contribution in [1.29, 1.82) is 0 Å². The van der Waals surface area contributed by atoms with Crippen molar-refractivity contribution < 1.29 is 32.2 Å². The van der Waals surface area contributed by atoms with Crippen LogP contribution in [0.15, 0.2) is 72.8 Å². The number of nitrogens with one attached hydrogen (secondary N) is 1. The topological polar surface area (TPSA) is 90.7 Å². The number of nitrogen functional groups attached to an aromatic ring is 1. The molecule has 0 bridgehead atoms. The highest BCUT2D eigenvalue weighted by molar-refractivity contribution is 5.92. The van der Waals surface area contributed by atoms with E-state index < -0.39 is 30.2 Å². The van der Waals surface area contributed by atoms with Gasteiger partial charge in [0.1, 0.15) is 12.4 Å². The van der Waals surface area contributed by atoms with Gasteiger partial charge in [0.2, 0.25) is 0 Å². The number of esters is 1. The highest BCUT2D eigenvalue weighted by atomic mass is 19.4. The fraction of sp³-hybridized carbons (Fsp3) is 0.130. The molecule has 0 heterocycles. The average molecular weight is 444 g/mol. The fourth-order valence-electron chi connectivity index (χ4n) is 2.71. The molecule has 3 rings (SSSR count). The Balaban J connectivity index is 1.59. The third-order valence-corrected chi connectivity index (χ3v) is 4.29. The minimum absolute atomic E-state index is 0.0281. The molecule has 0 aliphatic rings. The lowest BCUT2D eigenvalue weighted by Gasteiger charge is -2.12. The minimum Gasteiger partial charge on any atom is -0.482 e. The standard InChI is InChI=1S/C23H19F3N2O4/c24-23(25,26)17-7-4-8-18(12-17)28-21(29)14-31-20-11-16(9-10-19(20)27)22(30)32-13-15-5-2-1-3-6-15/h1-12H,13-14,27H2,(H,28,29). The molecule has 0 unspecified atom stereocenters. The second kappa shape index (κ2) is 9.86. The van der Waals surface area contributed by atoms with Crippen LogP contribution in [0.1, 0.15) is 21.5 Å². The Kier molecular flexibility index (Phi) is 6.99. The highest BCUT2D eigenvalue weighted by Gasteiger charge is 2.30. The van der Waals surface area contributed by atoms with Crippen molar-refractivity contribution in [3.63, 3.8) is 0 Å². The van der Waals surface area contributed by atoms with Crippen LogP contribution in [-0.4, -0.2) is 18.5 Å². The Hall–Kier alpha value is -4.01. The normalized spacial score (nSPS) is 11.0. The summed E-state index contributed by atoms with van der Waals surface area (Å²) in [6, 6.07) is 17.6. The molecule has 0 atom stereocenters. The van der Waals surface area contributed by atoms with Crippen molar-refractivity contribution in [2.45, 2.75) is 12.8 Å². The summed E-state index contributed by atoms with van der Waals surface area (Å²) in [5, 5.41) is 2.32.